The Balaban J connectivity index is 1.40. The first-order valence-corrected chi connectivity index (χ1v) is 10.6. The van der Waals surface area contributed by atoms with E-state index in [0.717, 1.165) is 40.7 Å². The zero-order chi connectivity index (χ0) is 21.2. The molecular formula is C20H20B4N6O. The second kappa shape index (κ2) is 8.65. The van der Waals surface area contributed by atoms with Crippen molar-refractivity contribution in [2.75, 3.05) is 5.73 Å². The van der Waals surface area contributed by atoms with Gasteiger partial charge in [-0.1, -0.05) is 12.8 Å². The summed E-state index contributed by atoms with van der Waals surface area (Å²) >= 11 is 0. The number of nitrogen functional groups attached to an aromatic ring is 1. The molecule has 4 aromatic rings. The molecule has 31 heavy (non-hydrogen) atoms. The van der Waals surface area contributed by atoms with Gasteiger partial charge in [-0.05, 0) is 12.8 Å². The summed E-state index contributed by atoms with van der Waals surface area (Å²) in [5, 5.41) is 8.67. The van der Waals surface area contributed by atoms with Crippen molar-refractivity contribution in [2.45, 2.75) is 38.3 Å². The van der Waals surface area contributed by atoms with E-state index in [0.29, 0.717) is 23.9 Å². The van der Waals surface area contributed by atoms with Crippen LogP contribution in [0.2, 0.25) is 0 Å². The SMILES string of the molecule is Nc1ncnc2c1c(-c1ccc(CNC(=O)c3bbbbc3)cc1)nn2C1CCCC1. The van der Waals surface area contributed by atoms with Crippen molar-refractivity contribution in [1.82, 2.24) is 25.1 Å². The predicted octanol–water partition coefficient (Wildman–Crippen LogP) is 1.47. The van der Waals surface area contributed by atoms with E-state index in [1.54, 1.807) is 12.8 Å². The zero-order valence-corrected chi connectivity index (χ0v) is 17.2. The van der Waals surface area contributed by atoms with Crippen molar-refractivity contribution in [3.05, 3.63) is 47.6 Å². The molecule has 1 aliphatic rings. The van der Waals surface area contributed by atoms with Gasteiger partial charge >= 0.3 is 150 Å². The molecule has 3 N–H and O–H groups in total. The molecule has 11 heteroatoms. The second-order valence-electron chi connectivity index (χ2n) is 7.93. The minimum Gasteiger partial charge on any atom is -0.0512 e. The van der Waals surface area contributed by atoms with Crippen LogP contribution in [0.15, 0.2) is 36.6 Å². The van der Waals surface area contributed by atoms with E-state index in [4.69, 9.17) is 10.8 Å². The molecule has 0 saturated heterocycles. The Morgan fingerprint density at radius 1 is 1.16 bits per heavy atom. The van der Waals surface area contributed by atoms with Gasteiger partial charge in [0.05, 0.1) is 0 Å². The van der Waals surface area contributed by atoms with Gasteiger partial charge in [0, 0.05) is 0 Å². The minimum atomic E-state index is -0.0871. The monoisotopic (exact) mass is 404 g/mol. The van der Waals surface area contributed by atoms with Crippen LogP contribution in [0.5, 0.6) is 0 Å². The van der Waals surface area contributed by atoms with Crippen molar-refractivity contribution in [1.29, 1.82) is 0 Å². The summed E-state index contributed by atoms with van der Waals surface area (Å²) in [6.45, 7) is 7.86. The number of rotatable bonds is 5. The number of carbonyl (C=O) groups excluding carboxylic acids is 1. The van der Waals surface area contributed by atoms with E-state index in [1.807, 2.05) is 49.1 Å². The molecule has 0 spiro atoms. The molecule has 1 aliphatic carbocycles. The van der Waals surface area contributed by atoms with E-state index < -0.39 is 0 Å². The fourth-order valence-corrected chi connectivity index (χ4v) is 4.26. The van der Waals surface area contributed by atoms with Gasteiger partial charge in [0.1, 0.15) is 6.33 Å². The van der Waals surface area contributed by atoms with Crippen LogP contribution in [0, 0.1) is 0 Å². The maximum absolute atomic E-state index is 12.3. The molecule has 5 rings (SSSR count). The Hall–Kier alpha value is -2.96. The Labute approximate surface area is 182 Å². The molecule has 3 heterocycles. The van der Waals surface area contributed by atoms with Gasteiger partial charge in [-0.3, -0.25) is 0 Å². The van der Waals surface area contributed by atoms with Gasteiger partial charge in [0.2, 0.25) is 0 Å². The molecule has 3 aromatic heterocycles. The average molecular weight is 404 g/mol. The molecule has 1 aromatic carbocycles. The zero-order valence-electron chi connectivity index (χ0n) is 17.2. The Morgan fingerprint density at radius 3 is 2.71 bits per heavy atom. The first-order valence-electron chi connectivity index (χ1n) is 10.6. The molecule has 148 valence electrons. The molecule has 7 nitrogen and oxygen atoms in total. The molecule has 0 unspecified atom stereocenters. The van der Waals surface area contributed by atoms with Crippen LogP contribution in [-0.4, -0.2) is 52.6 Å². The molecule has 1 amide bonds. The standard InChI is InChI=1S/C20H20B4N6O/c25-18-16-17(29-30(14-3-1-2-4-14)19(16)28-11-27-18)13-7-5-12(6-8-13)10-26-20(31)15-9-21-23-24-22-15/h5-9,11,14H,1-4,10H2,(H,26,31)(H2,25,27,28). The normalized spacial score (nSPS) is 13.7. The van der Waals surface area contributed by atoms with Crippen molar-refractivity contribution in [3.63, 3.8) is 0 Å². The number of amides is 1. The van der Waals surface area contributed by atoms with E-state index in [-0.39, 0.29) is 5.91 Å². The topological polar surface area (TPSA) is 98.7 Å². The number of nitrogens with zero attached hydrogens (tertiary/aromatic N) is 4. The third kappa shape index (κ3) is 4.01. The van der Waals surface area contributed by atoms with Crippen LogP contribution >= 0.6 is 0 Å². The van der Waals surface area contributed by atoms with Crippen LogP contribution in [0.3, 0.4) is 0 Å². The fraction of sp³-hybridized carbons (Fsp3) is 0.300. The van der Waals surface area contributed by atoms with Crippen molar-refractivity contribution >= 4 is 49.7 Å². The van der Waals surface area contributed by atoms with Crippen LogP contribution in [0.1, 0.15) is 47.5 Å². The summed E-state index contributed by atoms with van der Waals surface area (Å²) in [6, 6.07) is 8.38. The summed E-state index contributed by atoms with van der Waals surface area (Å²) in [7, 11) is 0. The number of hydrogen-bond acceptors (Lipinski definition) is 5. The van der Waals surface area contributed by atoms with Gasteiger partial charge in [-0.2, -0.15) is 0 Å². The van der Waals surface area contributed by atoms with E-state index in [1.165, 1.54) is 19.2 Å². The number of nitrogens with one attached hydrogen (secondary N) is 1. The minimum absolute atomic E-state index is 0.0871. The molecule has 0 radical (unpaired) electrons. The maximum atomic E-state index is 12.3. The van der Waals surface area contributed by atoms with Crippen LogP contribution < -0.4 is 11.1 Å². The van der Waals surface area contributed by atoms with Crippen molar-refractivity contribution in [3.8, 4) is 11.3 Å². The fourth-order valence-electron chi connectivity index (χ4n) is 4.26. The number of anilines is 1. The average Bonchev–Trinajstić information content (AvgIpc) is 3.47. The summed E-state index contributed by atoms with van der Waals surface area (Å²) < 4.78 is 2.03. The van der Waals surface area contributed by atoms with Gasteiger partial charge < -0.3 is 0 Å². The number of fused-ring (bicyclic) bond motifs is 1. The quantitative estimate of drug-likeness (QED) is 0.526. The van der Waals surface area contributed by atoms with Crippen LogP contribution in [0.25, 0.3) is 22.3 Å². The molecule has 0 bridgehead atoms. The van der Waals surface area contributed by atoms with Gasteiger partial charge in [0.15, 0.2) is 0 Å². The van der Waals surface area contributed by atoms with Gasteiger partial charge in [-0.15, -0.1) is 0 Å². The third-order valence-corrected chi connectivity index (χ3v) is 5.91. The Morgan fingerprint density at radius 2 is 1.97 bits per heavy atom. The summed E-state index contributed by atoms with van der Waals surface area (Å²) in [5.74, 6) is 2.16. The van der Waals surface area contributed by atoms with Crippen LogP contribution in [0.4, 0.5) is 5.82 Å². The number of nitrogens with two attached hydrogens (primary N) is 1. The van der Waals surface area contributed by atoms with E-state index in [9.17, 15) is 4.79 Å². The summed E-state index contributed by atoms with van der Waals surface area (Å²) in [6.07, 6.45) is 6.16. The van der Waals surface area contributed by atoms with Crippen molar-refractivity contribution in [2.24, 2.45) is 0 Å². The van der Waals surface area contributed by atoms with Crippen molar-refractivity contribution < 1.29 is 4.79 Å². The number of carbonyl (C=O) groups is 1. The molecule has 1 fully saturated rings. The smallest absolute Gasteiger partial charge is 0.0512 e. The number of benzene rings is 1. The van der Waals surface area contributed by atoms with E-state index >= 15 is 0 Å². The Bertz CT molecular complexity index is 1230. The van der Waals surface area contributed by atoms with E-state index in [2.05, 4.69) is 15.3 Å². The molecule has 0 atom stereocenters. The third-order valence-electron chi connectivity index (χ3n) is 5.91. The Kier molecular flexibility index (Phi) is 5.57. The number of hydrogen-bond donors (Lipinski definition) is 2. The number of aromatic nitrogens is 4. The first kappa shape index (κ1) is 20.0. The molecule has 0 aliphatic heterocycles. The van der Waals surface area contributed by atoms with Crippen LogP contribution in [-0.2, 0) is 6.54 Å². The first-order chi connectivity index (χ1) is 15.2. The predicted molar refractivity (Wildman–Crippen MR) is 126 cm³/mol. The van der Waals surface area contributed by atoms with Gasteiger partial charge in [-0.25, -0.2) is 0 Å². The summed E-state index contributed by atoms with van der Waals surface area (Å²) in [5.41, 5.74) is 10.4. The molecule has 1 saturated carbocycles. The summed E-state index contributed by atoms with van der Waals surface area (Å²) in [4.78, 5) is 21.0. The second-order valence-corrected chi connectivity index (χ2v) is 7.93. The molecular weight excluding hydrogens is 384 g/mol. The van der Waals surface area contributed by atoms with Gasteiger partial charge in [0.25, 0.3) is 0 Å².